The summed E-state index contributed by atoms with van der Waals surface area (Å²) in [4.78, 5) is 23.2. The van der Waals surface area contributed by atoms with E-state index in [0.717, 1.165) is 6.42 Å². The smallest absolute Gasteiger partial charge is 0.140 e. The predicted molar refractivity (Wildman–Crippen MR) is 73.6 cm³/mol. The summed E-state index contributed by atoms with van der Waals surface area (Å²) in [6.07, 6.45) is 1.74. The second kappa shape index (κ2) is 7.03. The van der Waals surface area contributed by atoms with Crippen molar-refractivity contribution in [3.8, 4) is 0 Å². The van der Waals surface area contributed by atoms with Crippen LogP contribution in [0.25, 0.3) is 0 Å². The third-order valence-electron chi connectivity index (χ3n) is 2.84. The summed E-state index contributed by atoms with van der Waals surface area (Å²) in [5.41, 5.74) is -0.548. The lowest BCUT2D eigenvalue weighted by atomic mass is 9.88. The Balaban J connectivity index is 3.60. The molecule has 0 rings (SSSR count). The molecular weight excluding hydrogens is 228 g/mol. The average Bonchev–Trinajstić information content (AvgIpc) is 2.19. The van der Waals surface area contributed by atoms with Crippen LogP contribution in [0.1, 0.15) is 60.8 Å². The van der Waals surface area contributed by atoms with Gasteiger partial charge in [0.05, 0.1) is 6.61 Å². The van der Waals surface area contributed by atoms with Gasteiger partial charge in [-0.3, -0.25) is 9.59 Å². The Kier molecular flexibility index (Phi) is 6.76. The van der Waals surface area contributed by atoms with E-state index in [1.165, 1.54) is 0 Å². The second-order valence-corrected chi connectivity index (χ2v) is 6.81. The molecule has 0 amide bonds. The van der Waals surface area contributed by atoms with Crippen LogP contribution in [0.3, 0.4) is 0 Å². The molecule has 0 atom stereocenters. The minimum Gasteiger partial charge on any atom is -0.381 e. The summed E-state index contributed by atoms with van der Waals surface area (Å²) < 4.78 is 5.39. The molecule has 0 aliphatic carbocycles. The summed E-state index contributed by atoms with van der Waals surface area (Å²) in [7, 11) is 0. The fourth-order valence-electron chi connectivity index (χ4n) is 1.35. The van der Waals surface area contributed by atoms with Crippen LogP contribution in [-0.4, -0.2) is 24.8 Å². The van der Waals surface area contributed by atoms with Gasteiger partial charge in [0.2, 0.25) is 0 Å². The Bertz CT molecular complexity index is 249. The number of rotatable bonds is 7. The van der Waals surface area contributed by atoms with Crippen LogP contribution in [-0.2, 0) is 14.3 Å². The molecule has 0 spiro atoms. The highest BCUT2D eigenvalue weighted by atomic mass is 16.5. The van der Waals surface area contributed by atoms with Gasteiger partial charge in [-0.05, 0) is 6.42 Å². The molecule has 0 aliphatic rings. The van der Waals surface area contributed by atoms with Gasteiger partial charge in [0.25, 0.3) is 0 Å². The molecule has 0 N–H and O–H groups in total. The third-order valence-corrected chi connectivity index (χ3v) is 2.84. The van der Waals surface area contributed by atoms with Crippen LogP contribution in [0.2, 0.25) is 0 Å². The Labute approximate surface area is 111 Å². The molecule has 3 nitrogen and oxygen atoms in total. The minimum atomic E-state index is -0.286. The largest absolute Gasteiger partial charge is 0.381 e. The molecular formula is C15H28O3. The van der Waals surface area contributed by atoms with E-state index in [2.05, 4.69) is 0 Å². The Morgan fingerprint density at radius 3 is 1.67 bits per heavy atom. The lowest BCUT2D eigenvalue weighted by Crippen LogP contribution is -2.22. The first kappa shape index (κ1) is 17.3. The minimum absolute atomic E-state index is 0.216. The molecule has 106 valence electrons. The predicted octanol–water partition coefficient (Wildman–Crippen LogP) is 3.40. The summed E-state index contributed by atoms with van der Waals surface area (Å²) in [6.45, 7) is 12.5. The van der Waals surface area contributed by atoms with Gasteiger partial charge in [-0.1, -0.05) is 41.5 Å². The van der Waals surface area contributed by atoms with Crippen molar-refractivity contribution >= 4 is 11.6 Å². The van der Waals surface area contributed by atoms with Gasteiger partial charge < -0.3 is 4.74 Å². The van der Waals surface area contributed by atoms with E-state index in [-0.39, 0.29) is 22.4 Å². The second-order valence-electron chi connectivity index (χ2n) is 6.81. The van der Waals surface area contributed by atoms with Crippen molar-refractivity contribution in [3.63, 3.8) is 0 Å². The molecule has 0 bridgehead atoms. The summed E-state index contributed by atoms with van der Waals surface area (Å²) >= 11 is 0. The standard InChI is InChI=1S/C15H28O3/c1-14(2,3)12(16)8-7-10-18-11-9-13(17)15(4,5)6/h7-11H2,1-6H3. The summed E-state index contributed by atoms with van der Waals surface area (Å²) in [6, 6.07) is 0. The van der Waals surface area contributed by atoms with E-state index in [9.17, 15) is 9.59 Å². The molecule has 0 heterocycles. The lowest BCUT2D eigenvalue weighted by molar-refractivity contribution is -0.128. The number of carbonyl (C=O) groups excluding carboxylic acids is 2. The Hall–Kier alpha value is -0.700. The topological polar surface area (TPSA) is 43.4 Å². The van der Waals surface area contributed by atoms with E-state index < -0.39 is 0 Å². The summed E-state index contributed by atoms with van der Waals surface area (Å²) in [5, 5.41) is 0. The van der Waals surface area contributed by atoms with Crippen LogP contribution >= 0.6 is 0 Å². The number of ether oxygens (including phenoxy) is 1. The van der Waals surface area contributed by atoms with Crippen LogP contribution in [0.5, 0.6) is 0 Å². The Morgan fingerprint density at radius 1 is 0.778 bits per heavy atom. The van der Waals surface area contributed by atoms with E-state index in [4.69, 9.17) is 4.74 Å². The van der Waals surface area contributed by atoms with Gasteiger partial charge in [0.1, 0.15) is 11.6 Å². The van der Waals surface area contributed by atoms with Gasteiger partial charge >= 0.3 is 0 Å². The molecule has 0 saturated heterocycles. The first-order valence-corrected chi connectivity index (χ1v) is 6.69. The van der Waals surface area contributed by atoms with Gasteiger partial charge in [-0.15, -0.1) is 0 Å². The van der Waals surface area contributed by atoms with Crippen LogP contribution in [0.15, 0.2) is 0 Å². The van der Waals surface area contributed by atoms with Crippen molar-refractivity contribution < 1.29 is 14.3 Å². The first-order valence-electron chi connectivity index (χ1n) is 6.69. The molecule has 0 unspecified atom stereocenters. The highest BCUT2D eigenvalue weighted by molar-refractivity contribution is 5.84. The number of hydrogen-bond donors (Lipinski definition) is 0. The molecule has 0 radical (unpaired) electrons. The maximum absolute atomic E-state index is 11.6. The SMILES string of the molecule is CC(C)(C)C(=O)CCCOCCC(=O)C(C)(C)C. The Morgan fingerprint density at radius 2 is 1.22 bits per heavy atom. The highest BCUT2D eigenvalue weighted by Crippen LogP contribution is 2.18. The maximum Gasteiger partial charge on any atom is 0.140 e. The van der Waals surface area contributed by atoms with Gasteiger partial charge in [-0.25, -0.2) is 0 Å². The number of hydrogen-bond acceptors (Lipinski definition) is 3. The van der Waals surface area contributed by atoms with Crippen molar-refractivity contribution in [2.75, 3.05) is 13.2 Å². The molecule has 18 heavy (non-hydrogen) atoms. The summed E-state index contributed by atoms with van der Waals surface area (Å²) in [5.74, 6) is 0.477. The van der Waals surface area contributed by atoms with Crippen LogP contribution in [0, 0.1) is 10.8 Å². The average molecular weight is 256 g/mol. The zero-order valence-electron chi connectivity index (χ0n) is 12.8. The molecule has 0 aromatic rings. The highest BCUT2D eigenvalue weighted by Gasteiger charge is 2.21. The van der Waals surface area contributed by atoms with Crippen molar-refractivity contribution in [2.45, 2.75) is 60.8 Å². The normalized spacial score (nSPS) is 12.6. The monoisotopic (exact) mass is 256 g/mol. The van der Waals surface area contributed by atoms with Crippen molar-refractivity contribution in [1.29, 1.82) is 0 Å². The van der Waals surface area contributed by atoms with Crippen LogP contribution in [0.4, 0.5) is 0 Å². The van der Waals surface area contributed by atoms with Gasteiger partial charge in [0.15, 0.2) is 0 Å². The fourth-order valence-corrected chi connectivity index (χ4v) is 1.35. The number of ketones is 2. The fraction of sp³-hybridized carbons (Fsp3) is 0.867. The molecule has 0 fully saturated rings. The van der Waals surface area contributed by atoms with E-state index in [0.29, 0.717) is 26.1 Å². The first-order chi connectivity index (χ1) is 8.05. The van der Waals surface area contributed by atoms with Crippen molar-refractivity contribution in [2.24, 2.45) is 10.8 Å². The van der Waals surface area contributed by atoms with Crippen molar-refractivity contribution in [3.05, 3.63) is 0 Å². The molecule has 0 saturated carbocycles. The zero-order valence-corrected chi connectivity index (χ0v) is 12.8. The lowest BCUT2D eigenvalue weighted by Gasteiger charge is -2.17. The molecule has 3 heteroatoms. The third kappa shape index (κ3) is 7.59. The van der Waals surface area contributed by atoms with E-state index in [1.807, 2.05) is 41.5 Å². The maximum atomic E-state index is 11.6. The van der Waals surface area contributed by atoms with Gasteiger partial charge in [0, 0.05) is 30.3 Å². The van der Waals surface area contributed by atoms with E-state index in [1.54, 1.807) is 0 Å². The number of carbonyl (C=O) groups is 2. The molecule has 0 aromatic heterocycles. The number of Topliss-reactive ketones (excluding diaryl/α,β-unsaturated/α-hetero) is 2. The zero-order chi connectivity index (χ0) is 14.4. The van der Waals surface area contributed by atoms with Gasteiger partial charge in [-0.2, -0.15) is 0 Å². The quantitative estimate of drug-likeness (QED) is 0.656. The molecule has 0 aromatic carbocycles. The van der Waals surface area contributed by atoms with Crippen molar-refractivity contribution in [1.82, 2.24) is 0 Å². The van der Waals surface area contributed by atoms with E-state index >= 15 is 0 Å². The van der Waals surface area contributed by atoms with Crippen LogP contribution < -0.4 is 0 Å². The molecule has 0 aliphatic heterocycles.